The van der Waals surface area contributed by atoms with Crippen LogP contribution in [0.15, 0.2) is 30.3 Å². The summed E-state index contributed by atoms with van der Waals surface area (Å²) in [6.45, 7) is 11.2. The standard InChI is InChI=1S/C19H27N5/c1-4-8-20-18-14-16(3)21-19(22-18)24-11-9-23(10-12-24)17-7-5-6-15(2)13-17/h5-7,13-14H,4,8-12H2,1-3H3,(H,20,21,22). The Kier molecular flexibility index (Phi) is 5.18. The number of anilines is 3. The summed E-state index contributed by atoms with van der Waals surface area (Å²) in [4.78, 5) is 14.1. The fourth-order valence-electron chi connectivity index (χ4n) is 3.03. The number of rotatable bonds is 5. The molecule has 1 aromatic heterocycles. The number of aromatic nitrogens is 2. The molecule has 0 aliphatic carbocycles. The van der Waals surface area contributed by atoms with Crippen molar-refractivity contribution in [1.29, 1.82) is 0 Å². The number of nitrogens with one attached hydrogen (secondary N) is 1. The molecule has 1 fully saturated rings. The Bertz CT molecular complexity index is 677. The molecule has 0 radical (unpaired) electrons. The molecule has 24 heavy (non-hydrogen) atoms. The topological polar surface area (TPSA) is 44.3 Å². The van der Waals surface area contributed by atoms with Gasteiger partial charge < -0.3 is 15.1 Å². The van der Waals surface area contributed by atoms with E-state index in [2.05, 4.69) is 58.2 Å². The molecule has 1 aliphatic rings. The lowest BCUT2D eigenvalue weighted by atomic mass is 10.2. The highest BCUT2D eigenvalue weighted by molar-refractivity contribution is 5.51. The maximum absolute atomic E-state index is 4.69. The largest absolute Gasteiger partial charge is 0.370 e. The maximum Gasteiger partial charge on any atom is 0.227 e. The minimum atomic E-state index is 0.845. The van der Waals surface area contributed by atoms with Gasteiger partial charge in [-0.3, -0.25) is 0 Å². The van der Waals surface area contributed by atoms with Crippen LogP contribution in [-0.2, 0) is 0 Å². The fourth-order valence-corrected chi connectivity index (χ4v) is 3.03. The molecule has 0 unspecified atom stereocenters. The zero-order valence-corrected chi connectivity index (χ0v) is 14.9. The van der Waals surface area contributed by atoms with E-state index in [9.17, 15) is 0 Å². The molecule has 128 valence electrons. The van der Waals surface area contributed by atoms with Crippen molar-refractivity contribution in [1.82, 2.24) is 9.97 Å². The molecule has 1 saturated heterocycles. The lowest BCUT2D eigenvalue weighted by Gasteiger charge is -2.36. The van der Waals surface area contributed by atoms with Gasteiger partial charge in [0.15, 0.2) is 0 Å². The van der Waals surface area contributed by atoms with Gasteiger partial charge in [-0.1, -0.05) is 19.1 Å². The van der Waals surface area contributed by atoms with Crippen LogP contribution in [0, 0.1) is 13.8 Å². The van der Waals surface area contributed by atoms with E-state index in [1.54, 1.807) is 0 Å². The predicted molar refractivity (Wildman–Crippen MR) is 101 cm³/mol. The predicted octanol–water partition coefficient (Wildman–Crippen LogP) is 3.24. The molecule has 2 heterocycles. The third-order valence-corrected chi connectivity index (χ3v) is 4.33. The van der Waals surface area contributed by atoms with Gasteiger partial charge >= 0.3 is 0 Å². The SMILES string of the molecule is CCCNc1cc(C)nc(N2CCN(c3cccc(C)c3)CC2)n1. The van der Waals surface area contributed by atoms with Gasteiger partial charge in [0, 0.05) is 50.2 Å². The number of hydrogen-bond acceptors (Lipinski definition) is 5. The highest BCUT2D eigenvalue weighted by atomic mass is 15.3. The van der Waals surface area contributed by atoms with Crippen LogP contribution in [0.3, 0.4) is 0 Å². The highest BCUT2D eigenvalue weighted by Gasteiger charge is 2.20. The number of benzene rings is 1. The van der Waals surface area contributed by atoms with Crippen LogP contribution in [0.1, 0.15) is 24.6 Å². The zero-order valence-electron chi connectivity index (χ0n) is 14.9. The van der Waals surface area contributed by atoms with Crippen molar-refractivity contribution in [3.05, 3.63) is 41.6 Å². The Morgan fingerprint density at radius 3 is 2.46 bits per heavy atom. The summed E-state index contributed by atoms with van der Waals surface area (Å²) in [6, 6.07) is 10.7. The summed E-state index contributed by atoms with van der Waals surface area (Å²) in [5, 5.41) is 3.37. The van der Waals surface area contributed by atoms with Crippen molar-refractivity contribution < 1.29 is 0 Å². The molecular weight excluding hydrogens is 298 g/mol. The van der Waals surface area contributed by atoms with Gasteiger partial charge in [0.1, 0.15) is 5.82 Å². The molecule has 0 spiro atoms. The quantitative estimate of drug-likeness (QED) is 0.914. The van der Waals surface area contributed by atoms with Crippen molar-refractivity contribution in [3.63, 3.8) is 0 Å². The first-order chi connectivity index (χ1) is 11.7. The smallest absolute Gasteiger partial charge is 0.227 e. The van der Waals surface area contributed by atoms with Gasteiger partial charge in [-0.05, 0) is 38.0 Å². The van der Waals surface area contributed by atoms with Gasteiger partial charge in [0.2, 0.25) is 5.95 Å². The van der Waals surface area contributed by atoms with E-state index in [4.69, 9.17) is 4.98 Å². The molecule has 0 bridgehead atoms. The second kappa shape index (κ2) is 7.51. The van der Waals surface area contributed by atoms with E-state index in [1.165, 1.54) is 11.3 Å². The van der Waals surface area contributed by atoms with Crippen LogP contribution in [0.4, 0.5) is 17.5 Å². The molecule has 1 N–H and O–H groups in total. The lowest BCUT2D eigenvalue weighted by molar-refractivity contribution is 0.639. The van der Waals surface area contributed by atoms with Crippen molar-refractivity contribution in [2.24, 2.45) is 0 Å². The van der Waals surface area contributed by atoms with Crippen molar-refractivity contribution in [2.45, 2.75) is 27.2 Å². The van der Waals surface area contributed by atoms with Gasteiger partial charge in [-0.15, -0.1) is 0 Å². The van der Waals surface area contributed by atoms with E-state index < -0.39 is 0 Å². The molecule has 1 aliphatic heterocycles. The van der Waals surface area contributed by atoms with Crippen LogP contribution >= 0.6 is 0 Å². The van der Waals surface area contributed by atoms with Gasteiger partial charge in [0.05, 0.1) is 0 Å². The van der Waals surface area contributed by atoms with Crippen molar-refractivity contribution in [2.75, 3.05) is 47.8 Å². The van der Waals surface area contributed by atoms with Gasteiger partial charge in [-0.2, -0.15) is 4.98 Å². The summed E-state index contributed by atoms with van der Waals surface area (Å²) in [7, 11) is 0. The van der Waals surface area contributed by atoms with Crippen LogP contribution in [0.2, 0.25) is 0 Å². The Hall–Kier alpha value is -2.30. The third-order valence-electron chi connectivity index (χ3n) is 4.33. The van der Waals surface area contributed by atoms with Gasteiger partial charge in [0.25, 0.3) is 0 Å². The number of piperazine rings is 1. The van der Waals surface area contributed by atoms with Crippen molar-refractivity contribution >= 4 is 17.5 Å². The van der Waals surface area contributed by atoms with E-state index in [-0.39, 0.29) is 0 Å². The summed E-state index contributed by atoms with van der Waals surface area (Å²) >= 11 is 0. The first-order valence-corrected chi connectivity index (χ1v) is 8.82. The van der Waals surface area contributed by atoms with E-state index in [0.717, 1.165) is 56.6 Å². The Labute approximate surface area is 144 Å². The van der Waals surface area contributed by atoms with Crippen LogP contribution in [0.25, 0.3) is 0 Å². The summed E-state index contributed by atoms with van der Waals surface area (Å²) in [5.41, 5.74) is 3.63. The number of hydrogen-bond donors (Lipinski definition) is 1. The number of aryl methyl sites for hydroxylation is 2. The molecule has 0 amide bonds. The summed E-state index contributed by atoms with van der Waals surface area (Å²) in [6.07, 6.45) is 1.09. The third kappa shape index (κ3) is 3.96. The monoisotopic (exact) mass is 325 g/mol. The average molecular weight is 325 g/mol. The van der Waals surface area contributed by atoms with E-state index in [0.29, 0.717) is 0 Å². The Balaban J connectivity index is 1.67. The number of nitrogens with zero attached hydrogens (tertiary/aromatic N) is 4. The summed E-state index contributed by atoms with van der Waals surface area (Å²) < 4.78 is 0. The first kappa shape index (κ1) is 16.6. The van der Waals surface area contributed by atoms with E-state index >= 15 is 0 Å². The Morgan fingerprint density at radius 2 is 1.75 bits per heavy atom. The second-order valence-electron chi connectivity index (χ2n) is 6.43. The highest BCUT2D eigenvalue weighted by Crippen LogP contribution is 2.20. The second-order valence-corrected chi connectivity index (χ2v) is 6.43. The van der Waals surface area contributed by atoms with E-state index in [1.807, 2.05) is 13.0 Å². The van der Waals surface area contributed by atoms with Crippen LogP contribution in [0.5, 0.6) is 0 Å². The fraction of sp³-hybridized carbons (Fsp3) is 0.474. The average Bonchev–Trinajstić information content (AvgIpc) is 2.60. The molecule has 0 atom stereocenters. The molecule has 5 heteroatoms. The van der Waals surface area contributed by atoms with Gasteiger partial charge in [-0.25, -0.2) is 4.98 Å². The molecule has 2 aromatic rings. The van der Waals surface area contributed by atoms with Crippen LogP contribution < -0.4 is 15.1 Å². The van der Waals surface area contributed by atoms with Crippen molar-refractivity contribution in [3.8, 4) is 0 Å². The molecule has 5 nitrogen and oxygen atoms in total. The minimum Gasteiger partial charge on any atom is -0.370 e. The Morgan fingerprint density at radius 1 is 1.00 bits per heavy atom. The van der Waals surface area contributed by atoms with Crippen LogP contribution in [-0.4, -0.2) is 42.7 Å². The summed E-state index contributed by atoms with van der Waals surface area (Å²) in [5.74, 6) is 1.78. The normalized spacial score (nSPS) is 14.8. The molecule has 1 aromatic carbocycles. The molecule has 3 rings (SSSR count). The first-order valence-electron chi connectivity index (χ1n) is 8.82. The molecular formula is C19H27N5. The lowest BCUT2D eigenvalue weighted by Crippen LogP contribution is -2.47. The minimum absolute atomic E-state index is 0.845. The maximum atomic E-state index is 4.69. The zero-order chi connectivity index (χ0) is 16.9. The molecule has 0 saturated carbocycles.